The number of hydrogen-bond acceptors (Lipinski definition) is 6. The van der Waals surface area contributed by atoms with Gasteiger partial charge >= 0.3 is 0 Å². The molecule has 0 saturated carbocycles. The number of thiazole rings is 1. The average Bonchev–Trinajstić information content (AvgIpc) is 3.09. The van der Waals surface area contributed by atoms with E-state index < -0.39 is 6.04 Å². The van der Waals surface area contributed by atoms with Crippen molar-refractivity contribution in [2.75, 3.05) is 30.5 Å². The Labute approximate surface area is 172 Å². The number of fused-ring (bicyclic) bond motifs is 1. The molecule has 0 aliphatic rings. The van der Waals surface area contributed by atoms with Gasteiger partial charge in [-0.3, -0.25) is 14.5 Å². The highest BCUT2D eigenvalue weighted by Gasteiger charge is 2.21. The highest BCUT2D eigenvalue weighted by Crippen LogP contribution is 2.26. The van der Waals surface area contributed by atoms with Crippen LogP contribution in [0.25, 0.3) is 10.2 Å². The summed E-state index contributed by atoms with van der Waals surface area (Å²) in [5, 5.41) is 6.32. The third kappa shape index (κ3) is 4.89. The number of para-hydroxylation sites is 2. The second-order valence-electron chi connectivity index (χ2n) is 6.32. The number of benzene rings is 2. The minimum absolute atomic E-state index is 0.108. The van der Waals surface area contributed by atoms with E-state index in [0.717, 1.165) is 20.8 Å². The van der Waals surface area contributed by atoms with Crippen molar-refractivity contribution >= 4 is 55.9 Å². The van der Waals surface area contributed by atoms with Gasteiger partial charge in [-0.15, -0.1) is 11.8 Å². The van der Waals surface area contributed by atoms with Gasteiger partial charge in [0.1, 0.15) is 0 Å². The second kappa shape index (κ2) is 9.18. The maximum absolute atomic E-state index is 12.5. The zero-order valence-electron chi connectivity index (χ0n) is 15.9. The third-order valence-electron chi connectivity index (χ3n) is 4.34. The van der Waals surface area contributed by atoms with Gasteiger partial charge in [-0.05, 0) is 44.5 Å². The molecule has 0 radical (unpaired) electrons. The highest BCUT2D eigenvalue weighted by molar-refractivity contribution is 7.98. The highest BCUT2D eigenvalue weighted by atomic mass is 32.2. The molecule has 1 atom stereocenters. The number of hydrogen-bond donors (Lipinski definition) is 2. The van der Waals surface area contributed by atoms with E-state index in [0.29, 0.717) is 5.13 Å². The molecule has 2 N–H and O–H groups in total. The number of anilines is 2. The Morgan fingerprint density at radius 1 is 1.14 bits per heavy atom. The first-order chi connectivity index (χ1) is 13.5. The Morgan fingerprint density at radius 2 is 1.86 bits per heavy atom. The van der Waals surface area contributed by atoms with Gasteiger partial charge in [-0.25, -0.2) is 4.98 Å². The van der Waals surface area contributed by atoms with Gasteiger partial charge in [-0.2, -0.15) is 0 Å². The molecule has 28 heavy (non-hydrogen) atoms. The number of nitrogens with one attached hydrogen (secondary N) is 2. The van der Waals surface area contributed by atoms with Gasteiger partial charge < -0.3 is 10.6 Å². The molecule has 2 aromatic carbocycles. The third-order valence-corrected chi connectivity index (χ3v) is 6.09. The van der Waals surface area contributed by atoms with Crippen LogP contribution >= 0.6 is 23.1 Å². The standard InChI is InChI=1S/C20H22N4O2S2/c1-13(19(26)23-20-22-15-9-5-7-11-17(15)28-20)24(2)12-18(25)21-14-8-4-6-10-16(14)27-3/h4-11,13H,12H2,1-3H3,(H,21,25)(H,22,23,26). The predicted octanol–water partition coefficient (Wildman–Crippen LogP) is 3.92. The lowest BCUT2D eigenvalue weighted by atomic mass is 10.2. The number of nitrogens with zero attached hydrogens (tertiary/aromatic N) is 2. The molecule has 0 aliphatic carbocycles. The van der Waals surface area contributed by atoms with Crippen LogP contribution in [0.3, 0.4) is 0 Å². The number of aromatic nitrogens is 1. The summed E-state index contributed by atoms with van der Waals surface area (Å²) in [5.74, 6) is -0.359. The minimum Gasteiger partial charge on any atom is -0.324 e. The number of thioether (sulfide) groups is 1. The van der Waals surface area contributed by atoms with E-state index in [4.69, 9.17) is 0 Å². The number of rotatable bonds is 7. The first kappa shape index (κ1) is 20.3. The van der Waals surface area contributed by atoms with Gasteiger partial charge in [0.05, 0.1) is 28.5 Å². The van der Waals surface area contributed by atoms with Crippen molar-refractivity contribution in [3.63, 3.8) is 0 Å². The van der Waals surface area contributed by atoms with E-state index in [1.165, 1.54) is 11.3 Å². The lowest BCUT2D eigenvalue weighted by Gasteiger charge is -2.23. The summed E-state index contributed by atoms with van der Waals surface area (Å²) in [6.45, 7) is 1.88. The van der Waals surface area contributed by atoms with Crippen LogP contribution in [0, 0.1) is 0 Å². The van der Waals surface area contributed by atoms with E-state index in [-0.39, 0.29) is 18.4 Å². The van der Waals surface area contributed by atoms with E-state index >= 15 is 0 Å². The zero-order valence-corrected chi connectivity index (χ0v) is 17.6. The number of amides is 2. The van der Waals surface area contributed by atoms with Crippen LogP contribution in [0.15, 0.2) is 53.4 Å². The Morgan fingerprint density at radius 3 is 2.61 bits per heavy atom. The Kier molecular flexibility index (Phi) is 6.66. The summed E-state index contributed by atoms with van der Waals surface area (Å²) in [4.78, 5) is 32.1. The van der Waals surface area contributed by atoms with E-state index in [9.17, 15) is 9.59 Å². The van der Waals surface area contributed by atoms with Crippen molar-refractivity contribution in [1.82, 2.24) is 9.88 Å². The smallest absolute Gasteiger partial charge is 0.243 e. The molecule has 1 heterocycles. The molecule has 6 nitrogen and oxygen atoms in total. The van der Waals surface area contributed by atoms with Crippen LogP contribution in [0.1, 0.15) is 6.92 Å². The Hall–Kier alpha value is -2.42. The summed E-state index contributed by atoms with van der Waals surface area (Å²) in [7, 11) is 1.75. The van der Waals surface area contributed by atoms with E-state index in [1.54, 1.807) is 30.6 Å². The molecule has 1 aromatic heterocycles. The fraction of sp³-hybridized carbons (Fsp3) is 0.250. The molecular formula is C20H22N4O2S2. The molecule has 0 saturated heterocycles. The normalized spacial score (nSPS) is 12.1. The van der Waals surface area contributed by atoms with Crippen molar-refractivity contribution < 1.29 is 9.59 Å². The van der Waals surface area contributed by atoms with E-state index in [1.807, 2.05) is 54.8 Å². The van der Waals surface area contributed by atoms with Gasteiger partial charge in [0, 0.05) is 4.90 Å². The van der Waals surface area contributed by atoms with Crippen LogP contribution in [0.2, 0.25) is 0 Å². The largest absolute Gasteiger partial charge is 0.324 e. The van der Waals surface area contributed by atoms with Crippen molar-refractivity contribution in [2.24, 2.45) is 0 Å². The minimum atomic E-state index is -0.478. The van der Waals surface area contributed by atoms with Crippen molar-refractivity contribution in [2.45, 2.75) is 17.9 Å². The van der Waals surface area contributed by atoms with Crippen LogP contribution in [-0.4, -0.2) is 47.6 Å². The van der Waals surface area contributed by atoms with Crippen LogP contribution in [-0.2, 0) is 9.59 Å². The number of carbonyl (C=O) groups is 2. The first-order valence-corrected chi connectivity index (χ1v) is 10.8. The Bertz CT molecular complexity index is 956. The molecule has 3 rings (SSSR count). The second-order valence-corrected chi connectivity index (χ2v) is 8.19. The summed E-state index contributed by atoms with van der Waals surface area (Å²) >= 11 is 3.00. The van der Waals surface area contributed by atoms with Crippen LogP contribution < -0.4 is 10.6 Å². The van der Waals surface area contributed by atoms with E-state index in [2.05, 4.69) is 15.6 Å². The lowest BCUT2D eigenvalue weighted by molar-refractivity contribution is -0.122. The molecular weight excluding hydrogens is 392 g/mol. The van der Waals surface area contributed by atoms with Gasteiger partial charge in [0.15, 0.2) is 5.13 Å². The van der Waals surface area contributed by atoms with Crippen LogP contribution in [0.5, 0.6) is 0 Å². The first-order valence-electron chi connectivity index (χ1n) is 8.77. The summed E-state index contributed by atoms with van der Waals surface area (Å²) in [6.07, 6.45) is 1.96. The Balaban J connectivity index is 1.57. The molecule has 146 valence electrons. The predicted molar refractivity (Wildman–Crippen MR) is 117 cm³/mol. The molecule has 0 fully saturated rings. The maximum Gasteiger partial charge on any atom is 0.243 e. The number of carbonyl (C=O) groups excluding carboxylic acids is 2. The maximum atomic E-state index is 12.5. The summed E-state index contributed by atoms with van der Waals surface area (Å²) in [6, 6.07) is 14.9. The SMILES string of the molecule is CSc1ccccc1NC(=O)CN(C)C(C)C(=O)Nc1nc2ccccc2s1. The molecule has 0 aliphatic heterocycles. The summed E-state index contributed by atoms with van der Waals surface area (Å²) < 4.78 is 1.02. The molecule has 1 unspecified atom stereocenters. The van der Waals surface area contributed by atoms with Crippen molar-refractivity contribution in [1.29, 1.82) is 0 Å². The monoisotopic (exact) mass is 414 g/mol. The van der Waals surface area contributed by atoms with Crippen LogP contribution in [0.4, 0.5) is 10.8 Å². The average molecular weight is 415 g/mol. The number of likely N-dealkylation sites (N-methyl/N-ethyl adjacent to an activating group) is 1. The zero-order chi connectivity index (χ0) is 20.1. The quantitative estimate of drug-likeness (QED) is 0.573. The fourth-order valence-electron chi connectivity index (χ4n) is 2.64. The molecule has 3 aromatic rings. The lowest BCUT2D eigenvalue weighted by Crippen LogP contribution is -2.43. The summed E-state index contributed by atoms with van der Waals surface area (Å²) in [5.41, 5.74) is 1.63. The topological polar surface area (TPSA) is 74.3 Å². The van der Waals surface area contributed by atoms with Crippen molar-refractivity contribution in [3.05, 3.63) is 48.5 Å². The molecule has 8 heteroatoms. The fourth-order valence-corrected chi connectivity index (χ4v) is 4.06. The van der Waals surface area contributed by atoms with Gasteiger partial charge in [-0.1, -0.05) is 35.6 Å². The molecule has 2 amide bonds. The molecule has 0 bridgehead atoms. The van der Waals surface area contributed by atoms with Gasteiger partial charge in [0.2, 0.25) is 11.8 Å². The van der Waals surface area contributed by atoms with Crippen molar-refractivity contribution in [3.8, 4) is 0 Å². The molecule has 0 spiro atoms. The van der Waals surface area contributed by atoms with Gasteiger partial charge in [0.25, 0.3) is 0 Å².